The van der Waals surface area contributed by atoms with Crippen LogP contribution >= 0.6 is 0 Å². The third-order valence-corrected chi connectivity index (χ3v) is 2.95. The normalized spacial score (nSPS) is 13.0. The monoisotopic (exact) mass is 266 g/mol. The fraction of sp³-hybridized carbons (Fsp3) is 0.583. The Morgan fingerprint density at radius 2 is 2.21 bits per heavy atom. The summed E-state index contributed by atoms with van der Waals surface area (Å²) in [6, 6.07) is 0. The van der Waals surface area contributed by atoms with Gasteiger partial charge < -0.3 is 9.67 Å². The molecule has 7 nitrogen and oxygen atoms in total. The summed E-state index contributed by atoms with van der Waals surface area (Å²) in [6.07, 6.45) is 2.53. The quantitative estimate of drug-likeness (QED) is 0.800. The Bertz CT molecular complexity index is 680. The lowest BCUT2D eigenvalue weighted by Gasteiger charge is -2.07. The summed E-state index contributed by atoms with van der Waals surface area (Å²) in [5, 5.41) is 9.41. The van der Waals surface area contributed by atoms with Crippen molar-refractivity contribution in [2.24, 2.45) is 0 Å². The number of hydrogen-bond donors (Lipinski definition) is 2. The number of fused-ring (bicyclic) bond motifs is 1. The molecule has 0 saturated heterocycles. The summed E-state index contributed by atoms with van der Waals surface area (Å²) in [4.78, 5) is 30.7. The zero-order valence-electron chi connectivity index (χ0n) is 11.1. The minimum atomic E-state index is -0.590. The van der Waals surface area contributed by atoms with E-state index in [1.165, 1.54) is 10.9 Å². The van der Waals surface area contributed by atoms with Crippen molar-refractivity contribution in [1.82, 2.24) is 19.1 Å². The maximum Gasteiger partial charge on any atom is 0.330 e. The first-order chi connectivity index (χ1) is 9.04. The van der Waals surface area contributed by atoms with E-state index < -0.39 is 11.8 Å². The second-order valence-electron chi connectivity index (χ2n) is 4.68. The van der Waals surface area contributed by atoms with Gasteiger partial charge in [0.15, 0.2) is 11.2 Å². The van der Waals surface area contributed by atoms with Gasteiger partial charge in [-0.05, 0) is 13.3 Å². The molecule has 0 aliphatic carbocycles. The highest BCUT2D eigenvalue weighted by atomic mass is 16.3. The van der Waals surface area contributed by atoms with Crippen LogP contribution in [0.5, 0.6) is 0 Å². The molecule has 2 heterocycles. The molecule has 0 saturated carbocycles. The molecule has 2 rings (SSSR count). The lowest BCUT2D eigenvalue weighted by Crippen LogP contribution is -2.36. The smallest absolute Gasteiger partial charge is 0.330 e. The van der Waals surface area contributed by atoms with Gasteiger partial charge in [-0.1, -0.05) is 13.3 Å². The van der Waals surface area contributed by atoms with Gasteiger partial charge in [-0.3, -0.25) is 14.3 Å². The van der Waals surface area contributed by atoms with E-state index in [2.05, 4.69) is 9.97 Å². The number of nitrogens with one attached hydrogen (secondary N) is 1. The van der Waals surface area contributed by atoms with Crippen LogP contribution < -0.4 is 11.2 Å². The predicted molar refractivity (Wildman–Crippen MR) is 71.2 cm³/mol. The first kappa shape index (κ1) is 13.5. The molecule has 7 heteroatoms. The van der Waals surface area contributed by atoms with Crippen LogP contribution in [0, 0.1) is 0 Å². The Morgan fingerprint density at radius 3 is 2.84 bits per heavy atom. The van der Waals surface area contributed by atoms with E-state index in [0.717, 1.165) is 12.8 Å². The van der Waals surface area contributed by atoms with Crippen molar-refractivity contribution >= 4 is 11.2 Å². The Labute approximate surface area is 109 Å². The minimum absolute atomic E-state index is 0.267. The van der Waals surface area contributed by atoms with Gasteiger partial charge in [0.25, 0.3) is 5.56 Å². The molecule has 0 fully saturated rings. The van der Waals surface area contributed by atoms with Crippen molar-refractivity contribution in [2.75, 3.05) is 0 Å². The highest BCUT2D eigenvalue weighted by molar-refractivity contribution is 5.69. The number of aromatic nitrogens is 4. The molecule has 0 amide bonds. The van der Waals surface area contributed by atoms with Gasteiger partial charge in [-0.25, -0.2) is 9.78 Å². The highest BCUT2D eigenvalue weighted by Crippen LogP contribution is 2.04. The average Bonchev–Trinajstić information content (AvgIpc) is 2.71. The second kappa shape index (κ2) is 5.40. The fourth-order valence-electron chi connectivity index (χ4n) is 2.03. The number of imidazole rings is 1. The third kappa shape index (κ3) is 2.60. The topological polar surface area (TPSA) is 92.9 Å². The molecule has 104 valence electrons. The molecular weight excluding hydrogens is 248 g/mol. The maximum absolute atomic E-state index is 12.3. The molecule has 1 unspecified atom stereocenters. The Kier molecular flexibility index (Phi) is 3.84. The molecule has 0 aromatic carbocycles. The van der Waals surface area contributed by atoms with Gasteiger partial charge in [-0.15, -0.1) is 0 Å². The number of nitrogens with zero attached hydrogens (tertiary/aromatic N) is 3. The van der Waals surface area contributed by atoms with Crippen LogP contribution in [-0.2, 0) is 13.1 Å². The summed E-state index contributed by atoms with van der Waals surface area (Å²) in [7, 11) is 0. The highest BCUT2D eigenvalue weighted by Gasteiger charge is 2.13. The SMILES string of the molecule is CCCCn1c(=O)[nH]c2ncn(CC(C)O)c2c1=O. The van der Waals surface area contributed by atoms with Crippen LogP contribution in [0.3, 0.4) is 0 Å². The van der Waals surface area contributed by atoms with E-state index in [1.807, 2.05) is 6.92 Å². The fourth-order valence-corrected chi connectivity index (χ4v) is 2.03. The summed E-state index contributed by atoms with van der Waals surface area (Å²) >= 11 is 0. The standard InChI is InChI=1S/C12H18N4O3/c1-3-4-5-16-11(18)9-10(14-12(16)19)13-7-15(9)6-8(2)17/h7-8,17H,3-6H2,1-2H3,(H,14,19). The van der Waals surface area contributed by atoms with Crippen molar-refractivity contribution in [1.29, 1.82) is 0 Å². The minimum Gasteiger partial charge on any atom is -0.392 e. The van der Waals surface area contributed by atoms with Gasteiger partial charge >= 0.3 is 5.69 Å². The molecule has 0 spiro atoms. The molecule has 2 aromatic heterocycles. The number of aliphatic hydroxyl groups excluding tert-OH is 1. The summed E-state index contributed by atoms with van der Waals surface area (Å²) in [6.45, 7) is 4.29. The van der Waals surface area contributed by atoms with Crippen molar-refractivity contribution in [3.8, 4) is 0 Å². The van der Waals surface area contributed by atoms with E-state index in [4.69, 9.17) is 0 Å². The van der Waals surface area contributed by atoms with E-state index in [0.29, 0.717) is 12.1 Å². The Balaban J connectivity index is 2.59. The largest absolute Gasteiger partial charge is 0.392 e. The van der Waals surface area contributed by atoms with Crippen LogP contribution in [0.4, 0.5) is 0 Å². The summed E-state index contributed by atoms with van der Waals surface area (Å²) in [5.41, 5.74) is -0.196. The zero-order valence-corrected chi connectivity index (χ0v) is 11.1. The first-order valence-electron chi connectivity index (χ1n) is 6.40. The molecule has 0 bridgehead atoms. The molecular formula is C12H18N4O3. The zero-order chi connectivity index (χ0) is 14.0. The molecule has 0 aliphatic heterocycles. The summed E-state index contributed by atoms with van der Waals surface area (Å²) < 4.78 is 2.76. The van der Waals surface area contributed by atoms with Crippen molar-refractivity contribution in [2.45, 2.75) is 45.9 Å². The van der Waals surface area contributed by atoms with Crippen molar-refractivity contribution < 1.29 is 5.11 Å². The number of aromatic amines is 1. The first-order valence-corrected chi connectivity index (χ1v) is 6.40. The average molecular weight is 266 g/mol. The lowest BCUT2D eigenvalue weighted by molar-refractivity contribution is 0.175. The maximum atomic E-state index is 12.3. The van der Waals surface area contributed by atoms with Crippen molar-refractivity contribution in [3.63, 3.8) is 0 Å². The molecule has 1 atom stereocenters. The lowest BCUT2D eigenvalue weighted by atomic mass is 10.3. The number of aliphatic hydroxyl groups is 1. The van der Waals surface area contributed by atoms with Crippen LogP contribution in [0.25, 0.3) is 11.2 Å². The van der Waals surface area contributed by atoms with Gasteiger partial charge in [-0.2, -0.15) is 0 Å². The van der Waals surface area contributed by atoms with Gasteiger partial charge in [0.05, 0.1) is 19.0 Å². The number of hydrogen-bond acceptors (Lipinski definition) is 4. The molecule has 19 heavy (non-hydrogen) atoms. The van der Waals surface area contributed by atoms with E-state index in [9.17, 15) is 14.7 Å². The predicted octanol–water partition coefficient (Wildman–Crippen LogP) is 0.0672. The Hall–Kier alpha value is -1.89. The van der Waals surface area contributed by atoms with Crippen molar-refractivity contribution in [3.05, 3.63) is 27.2 Å². The van der Waals surface area contributed by atoms with Crippen LogP contribution in [-0.4, -0.2) is 30.3 Å². The Morgan fingerprint density at radius 1 is 1.47 bits per heavy atom. The molecule has 2 aromatic rings. The van der Waals surface area contributed by atoms with Gasteiger partial charge in [0.1, 0.15) is 0 Å². The van der Waals surface area contributed by atoms with Crippen LogP contribution in [0.15, 0.2) is 15.9 Å². The van der Waals surface area contributed by atoms with Gasteiger partial charge in [0, 0.05) is 6.54 Å². The van der Waals surface area contributed by atoms with Crippen LogP contribution in [0.2, 0.25) is 0 Å². The molecule has 2 N–H and O–H groups in total. The number of unbranched alkanes of at least 4 members (excludes halogenated alkanes) is 1. The third-order valence-electron chi connectivity index (χ3n) is 2.95. The molecule has 0 aliphatic rings. The second-order valence-corrected chi connectivity index (χ2v) is 4.68. The van der Waals surface area contributed by atoms with Gasteiger partial charge in [0.2, 0.25) is 0 Å². The van der Waals surface area contributed by atoms with Crippen LogP contribution in [0.1, 0.15) is 26.7 Å². The molecule has 0 radical (unpaired) electrons. The van der Waals surface area contributed by atoms with E-state index >= 15 is 0 Å². The summed E-state index contributed by atoms with van der Waals surface area (Å²) in [5.74, 6) is 0. The van der Waals surface area contributed by atoms with E-state index in [1.54, 1.807) is 11.5 Å². The number of H-pyrrole nitrogens is 1. The van der Waals surface area contributed by atoms with E-state index in [-0.39, 0.29) is 17.8 Å². The number of rotatable bonds is 5.